The summed E-state index contributed by atoms with van der Waals surface area (Å²) in [6.07, 6.45) is 4.24. The Morgan fingerprint density at radius 3 is 2.62 bits per heavy atom. The highest BCUT2D eigenvalue weighted by atomic mass is 19.1. The van der Waals surface area contributed by atoms with Crippen LogP contribution in [-0.4, -0.2) is 36.7 Å². The Bertz CT molecular complexity index is 859. The first-order chi connectivity index (χ1) is 14.0. The van der Waals surface area contributed by atoms with Gasteiger partial charge in [0.15, 0.2) is 0 Å². The van der Waals surface area contributed by atoms with Gasteiger partial charge in [-0.05, 0) is 48.7 Å². The van der Waals surface area contributed by atoms with E-state index in [-0.39, 0.29) is 23.2 Å². The maximum absolute atomic E-state index is 13.7. The summed E-state index contributed by atoms with van der Waals surface area (Å²) < 4.78 is 24.9. The zero-order valence-corrected chi connectivity index (χ0v) is 16.9. The second kappa shape index (κ2) is 8.54. The van der Waals surface area contributed by atoms with Gasteiger partial charge in [0.25, 0.3) is 5.91 Å². The van der Waals surface area contributed by atoms with Crippen molar-refractivity contribution in [3.05, 3.63) is 65.5 Å². The fraction of sp³-hybridized carbons (Fsp3) is 0.458. The van der Waals surface area contributed by atoms with Crippen LogP contribution >= 0.6 is 0 Å². The number of benzene rings is 2. The lowest BCUT2D eigenvalue weighted by atomic mass is 9.90. The summed E-state index contributed by atoms with van der Waals surface area (Å²) in [6, 6.07) is 14.1. The molecule has 0 spiro atoms. The van der Waals surface area contributed by atoms with Gasteiger partial charge in [-0.3, -0.25) is 4.79 Å². The van der Waals surface area contributed by atoms with Crippen molar-refractivity contribution >= 4 is 5.91 Å². The number of rotatable bonds is 7. The van der Waals surface area contributed by atoms with E-state index in [1.807, 2.05) is 29.2 Å². The van der Waals surface area contributed by atoms with Crippen molar-refractivity contribution < 1.29 is 18.7 Å². The molecule has 1 heterocycles. The van der Waals surface area contributed by atoms with Crippen LogP contribution < -0.4 is 4.74 Å². The van der Waals surface area contributed by atoms with Gasteiger partial charge in [0.05, 0.1) is 19.8 Å². The Morgan fingerprint density at radius 2 is 1.93 bits per heavy atom. The Balaban J connectivity index is 1.50. The molecule has 1 saturated carbocycles. The van der Waals surface area contributed by atoms with Gasteiger partial charge in [0, 0.05) is 23.6 Å². The van der Waals surface area contributed by atoms with E-state index in [4.69, 9.17) is 9.47 Å². The Morgan fingerprint density at radius 1 is 1.17 bits per heavy atom. The number of ether oxygens (including phenoxy) is 2. The number of carbonyl (C=O) groups is 1. The van der Waals surface area contributed by atoms with Crippen LogP contribution in [0.25, 0.3) is 0 Å². The van der Waals surface area contributed by atoms with Gasteiger partial charge in [0.2, 0.25) is 0 Å². The Kier molecular flexibility index (Phi) is 5.86. The minimum absolute atomic E-state index is 0.0826. The van der Waals surface area contributed by atoms with Crippen LogP contribution in [0, 0.1) is 11.2 Å². The summed E-state index contributed by atoms with van der Waals surface area (Å²) in [5.41, 5.74) is 1.51. The molecule has 0 bridgehead atoms. The molecule has 4 nitrogen and oxygen atoms in total. The van der Waals surface area contributed by atoms with Crippen molar-refractivity contribution in [2.45, 2.75) is 45.2 Å². The van der Waals surface area contributed by atoms with E-state index in [9.17, 15) is 9.18 Å². The summed E-state index contributed by atoms with van der Waals surface area (Å²) in [7, 11) is 0. The molecule has 4 rings (SSSR count). The molecule has 2 fully saturated rings. The van der Waals surface area contributed by atoms with Gasteiger partial charge in [-0.1, -0.05) is 38.0 Å². The SMILES string of the molecule is CC1(COc2cccc(CN(C(=O)c3cccc(F)c3)C3CCCC3)c2)COC1. The van der Waals surface area contributed by atoms with Crippen molar-refractivity contribution in [3.8, 4) is 5.75 Å². The van der Waals surface area contributed by atoms with Gasteiger partial charge < -0.3 is 14.4 Å². The van der Waals surface area contributed by atoms with Gasteiger partial charge in [-0.15, -0.1) is 0 Å². The van der Waals surface area contributed by atoms with Crippen LogP contribution in [0.1, 0.15) is 48.5 Å². The van der Waals surface area contributed by atoms with Crippen LogP contribution in [-0.2, 0) is 11.3 Å². The quantitative estimate of drug-likeness (QED) is 0.672. The molecule has 5 heteroatoms. The molecule has 1 aliphatic carbocycles. The van der Waals surface area contributed by atoms with Crippen molar-refractivity contribution in [3.63, 3.8) is 0 Å². The van der Waals surface area contributed by atoms with E-state index in [1.54, 1.807) is 12.1 Å². The van der Waals surface area contributed by atoms with E-state index in [0.717, 1.165) is 50.2 Å². The maximum atomic E-state index is 13.7. The van der Waals surface area contributed by atoms with E-state index >= 15 is 0 Å². The fourth-order valence-electron chi connectivity index (χ4n) is 4.09. The lowest BCUT2D eigenvalue weighted by molar-refractivity contribution is -0.120. The molecule has 0 N–H and O–H groups in total. The summed E-state index contributed by atoms with van der Waals surface area (Å²) in [6.45, 7) is 4.72. The number of nitrogens with zero attached hydrogens (tertiary/aromatic N) is 1. The van der Waals surface area contributed by atoms with Crippen molar-refractivity contribution in [1.29, 1.82) is 0 Å². The van der Waals surface area contributed by atoms with Crippen LogP contribution in [0.4, 0.5) is 4.39 Å². The second-order valence-corrected chi connectivity index (χ2v) is 8.62. The zero-order chi connectivity index (χ0) is 20.3. The second-order valence-electron chi connectivity index (χ2n) is 8.62. The third-order valence-corrected chi connectivity index (χ3v) is 5.84. The fourth-order valence-corrected chi connectivity index (χ4v) is 4.09. The summed E-state index contributed by atoms with van der Waals surface area (Å²) in [4.78, 5) is 15.1. The zero-order valence-electron chi connectivity index (χ0n) is 16.9. The molecular weight excluding hydrogens is 369 g/mol. The third kappa shape index (κ3) is 4.78. The van der Waals surface area contributed by atoms with Gasteiger partial charge in [0.1, 0.15) is 11.6 Å². The number of hydrogen-bond donors (Lipinski definition) is 0. The topological polar surface area (TPSA) is 38.8 Å². The van der Waals surface area contributed by atoms with E-state index in [1.165, 1.54) is 12.1 Å². The molecule has 1 saturated heterocycles. The van der Waals surface area contributed by atoms with Gasteiger partial charge in [-0.2, -0.15) is 0 Å². The Hall–Kier alpha value is -2.40. The summed E-state index contributed by atoms with van der Waals surface area (Å²) >= 11 is 0. The molecule has 0 aromatic heterocycles. The minimum atomic E-state index is -0.383. The lowest BCUT2D eigenvalue weighted by Gasteiger charge is -2.37. The monoisotopic (exact) mass is 397 g/mol. The maximum Gasteiger partial charge on any atom is 0.254 e. The molecule has 154 valence electrons. The molecule has 1 amide bonds. The first-order valence-electron chi connectivity index (χ1n) is 10.4. The molecule has 0 radical (unpaired) electrons. The van der Waals surface area contributed by atoms with Crippen molar-refractivity contribution in [1.82, 2.24) is 4.90 Å². The number of halogens is 1. The number of carbonyl (C=O) groups excluding carboxylic acids is 1. The number of hydrogen-bond acceptors (Lipinski definition) is 3. The molecule has 0 unspecified atom stereocenters. The molecule has 2 aliphatic rings. The molecular formula is C24H28FNO3. The minimum Gasteiger partial charge on any atom is -0.493 e. The predicted octanol–water partition coefficient (Wildman–Crippen LogP) is 4.83. The normalized spacial score (nSPS) is 18.3. The molecule has 2 aromatic carbocycles. The molecule has 0 atom stereocenters. The summed E-state index contributed by atoms with van der Waals surface area (Å²) in [5.74, 6) is 0.313. The smallest absolute Gasteiger partial charge is 0.254 e. The molecule has 29 heavy (non-hydrogen) atoms. The highest BCUT2D eigenvalue weighted by Gasteiger charge is 2.34. The summed E-state index contributed by atoms with van der Waals surface area (Å²) in [5, 5.41) is 0. The van der Waals surface area contributed by atoms with Gasteiger partial charge in [-0.25, -0.2) is 4.39 Å². The predicted molar refractivity (Wildman–Crippen MR) is 109 cm³/mol. The third-order valence-electron chi connectivity index (χ3n) is 5.84. The van der Waals surface area contributed by atoms with Crippen LogP contribution in [0.15, 0.2) is 48.5 Å². The van der Waals surface area contributed by atoms with Crippen LogP contribution in [0.3, 0.4) is 0 Å². The van der Waals surface area contributed by atoms with E-state index in [0.29, 0.717) is 18.7 Å². The lowest BCUT2D eigenvalue weighted by Crippen LogP contribution is -2.44. The first-order valence-corrected chi connectivity index (χ1v) is 10.4. The first kappa shape index (κ1) is 19.9. The Labute approximate surface area is 171 Å². The molecule has 1 aliphatic heterocycles. The highest BCUT2D eigenvalue weighted by Crippen LogP contribution is 2.29. The largest absolute Gasteiger partial charge is 0.493 e. The van der Waals surface area contributed by atoms with Crippen LogP contribution in [0.5, 0.6) is 5.75 Å². The van der Waals surface area contributed by atoms with E-state index in [2.05, 4.69) is 6.92 Å². The average Bonchev–Trinajstić information content (AvgIpc) is 3.23. The van der Waals surface area contributed by atoms with Crippen molar-refractivity contribution in [2.75, 3.05) is 19.8 Å². The molecule has 2 aromatic rings. The standard InChI is InChI=1S/C24H28FNO3/c1-24(15-28-16-24)17-29-22-11-4-6-18(12-22)14-26(21-9-2-3-10-21)23(27)19-7-5-8-20(25)13-19/h4-8,11-13,21H,2-3,9-10,14-17H2,1H3. The van der Waals surface area contributed by atoms with E-state index < -0.39 is 0 Å². The number of amides is 1. The van der Waals surface area contributed by atoms with Gasteiger partial charge >= 0.3 is 0 Å². The highest BCUT2D eigenvalue weighted by molar-refractivity contribution is 5.94. The van der Waals surface area contributed by atoms with Crippen molar-refractivity contribution in [2.24, 2.45) is 5.41 Å². The average molecular weight is 397 g/mol. The van der Waals surface area contributed by atoms with Crippen LogP contribution in [0.2, 0.25) is 0 Å².